The second-order valence-corrected chi connectivity index (χ2v) is 7.07. The average molecular weight is 314 g/mol. The molecule has 4 nitrogen and oxygen atoms in total. The molecule has 1 aromatic rings. The molecule has 0 bridgehead atoms. The minimum Gasteiger partial charge on any atom is -0.347 e. The molecule has 1 aromatic carbocycles. The number of hydrogen-bond acceptors (Lipinski definition) is 2. The van der Waals surface area contributed by atoms with E-state index < -0.39 is 0 Å². The largest absolute Gasteiger partial charge is 0.347 e. The van der Waals surface area contributed by atoms with Crippen molar-refractivity contribution in [1.82, 2.24) is 5.32 Å². The molecule has 2 amide bonds. The van der Waals surface area contributed by atoms with Crippen LogP contribution in [0.15, 0.2) is 18.2 Å². The lowest BCUT2D eigenvalue weighted by Gasteiger charge is -2.34. The number of anilines is 1. The van der Waals surface area contributed by atoms with Crippen molar-refractivity contribution in [2.75, 3.05) is 11.4 Å². The zero-order valence-electron chi connectivity index (χ0n) is 14.2. The number of fused-ring (bicyclic) bond motifs is 1. The Morgan fingerprint density at radius 3 is 2.65 bits per heavy atom. The molecule has 0 spiro atoms. The standard InChI is InChI=1S/C19H26N2O2/c1-3-17(22)21-12-9-14-13-15(7-8-16(14)21)18(23)20-19(2)10-5-4-6-11-19/h7-8,13H,3-6,9-12H2,1-2H3,(H,20,23). The van der Waals surface area contributed by atoms with Gasteiger partial charge in [-0.05, 0) is 49.9 Å². The third-order valence-corrected chi connectivity index (χ3v) is 5.21. The maximum absolute atomic E-state index is 12.6. The van der Waals surface area contributed by atoms with Crippen molar-refractivity contribution in [3.63, 3.8) is 0 Å². The topological polar surface area (TPSA) is 49.4 Å². The Morgan fingerprint density at radius 1 is 1.22 bits per heavy atom. The van der Waals surface area contributed by atoms with Crippen molar-refractivity contribution in [3.8, 4) is 0 Å². The Bertz CT molecular complexity index is 618. The predicted octanol–water partition coefficient (Wildman–Crippen LogP) is 3.44. The van der Waals surface area contributed by atoms with Gasteiger partial charge >= 0.3 is 0 Å². The van der Waals surface area contributed by atoms with Crippen LogP contribution in [-0.4, -0.2) is 23.9 Å². The fourth-order valence-corrected chi connectivity index (χ4v) is 3.80. The minimum absolute atomic E-state index is 0.0115. The fraction of sp³-hybridized carbons (Fsp3) is 0.579. The summed E-state index contributed by atoms with van der Waals surface area (Å²) in [6.45, 7) is 4.76. The molecule has 1 aliphatic heterocycles. The van der Waals surface area contributed by atoms with E-state index in [9.17, 15) is 9.59 Å². The zero-order chi connectivity index (χ0) is 16.4. The molecule has 3 rings (SSSR count). The van der Waals surface area contributed by atoms with Crippen LogP contribution < -0.4 is 10.2 Å². The second-order valence-electron chi connectivity index (χ2n) is 7.07. The summed E-state index contributed by atoms with van der Waals surface area (Å²) in [6, 6.07) is 5.73. The SMILES string of the molecule is CCC(=O)N1CCc2cc(C(=O)NC3(C)CCCCC3)ccc21. The van der Waals surface area contributed by atoms with Crippen molar-refractivity contribution in [2.45, 2.75) is 64.3 Å². The van der Waals surface area contributed by atoms with E-state index in [-0.39, 0.29) is 17.4 Å². The number of carbonyl (C=O) groups is 2. The monoisotopic (exact) mass is 314 g/mol. The quantitative estimate of drug-likeness (QED) is 0.929. The van der Waals surface area contributed by atoms with Gasteiger partial charge in [0.05, 0.1) is 0 Å². The van der Waals surface area contributed by atoms with Gasteiger partial charge < -0.3 is 10.2 Å². The molecule has 2 aliphatic rings. The van der Waals surface area contributed by atoms with Crippen LogP contribution in [0, 0.1) is 0 Å². The number of carbonyl (C=O) groups excluding carboxylic acids is 2. The Balaban J connectivity index is 1.75. The maximum Gasteiger partial charge on any atom is 0.251 e. The van der Waals surface area contributed by atoms with Gasteiger partial charge in [-0.25, -0.2) is 0 Å². The lowest BCUT2D eigenvalue weighted by atomic mass is 9.83. The highest BCUT2D eigenvalue weighted by Gasteiger charge is 2.29. The number of hydrogen-bond donors (Lipinski definition) is 1. The van der Waals surface area contributed by atoms with Crippen molar-refractivity contribution < 1.29 is 9.59 Å². The molecule has 23 heavy (non-hydrogen) atoms. The van der Waals surface area contributed by atoms with Gasteiger partial charge in [0.2, 0.25) is 5.91 Å². The van der Waals surface area contributed by atoms with Crippen LogP contribution in [0.25, 0.3) is 0 Å². The summed E-state index contributed by atoms with van der Waals surface area (Å²) in [5, 5.41) is 3.23. The van der Waals surface area contributed by atoms with E-state index in [2.05, 4.69) is 12.2 Å². The summed E-state index contributed by atoms with van der Waals surface area (Å²) in [4.78, 5) is 26.4. The number of amides is 2. The van der Waals surface area contributed by atoms with Crippen LogP contribution in [0.1, 0.15) is 68.3 Å². The smallest absolute Gasteiger partial charge is 0.251 e. The third-order valence-electron chi connectivity index (χ3n) is 5.21. The number of nitrogens with one attached hydrogen (secondary N) is 1. The first-order valence-corrected chi connectivity index (χ1v) is 8.78. The summed E-state index contributed by atoms with van der Waals surface area (Å²) >= 11 is 0. The van der Waals surface area contributed by atoms with Gasteiger partial charge in [-0.1, -0.05) is 26.2 Å². The Kier molecular flexibility index (Phi) is 4.42. The third kappa shape index (κ3) is 3.26. The molecule has 4 heteroatoms. The van der Waals surface area contributed by atoms with Crippen LogP contribution in [0.4, 0.5) is 5.69 Å². The van der Waals surface area contributed by atoms with Gasteiger partial charge in [-0.3, -0.25) is 9.59 Å². The molecule has 0 radical (unpaired) electrons. The minimum atomic E-state index is -0.0709. The molecule has 0 unspecified atom stereocenters. The van der Waals surface area contributed by atoms with E-state index in [0.29, 0.717) is 12.0 Å². The molecule has 0 aromatic heterocycles. The lowest BCUT2D eigenvalue weighted by Crippen LogP contribution is -2.47. The molecule has 1 fully saturated rings. The van der Waals surface area contributed by atoms with E-state index in [1.807, 2.05) is 30.0 Å². The molecule has 1 heterocycles. The van der Waals surface area contributed by atoms with Crippen molar-refractivity contribution in [3.05, 3.63) is 29.3 Å². The van der Waals surface area contributed by atoms with Gasteiger partial charge in [0.1, 0.15) is 0 Å². The van der Waals surface area contributed by atoms with Crippen LogP contribution in [-0.2, 0) is 11.2 Å². The summed E-state index contributed by atoms with van der Waals surface area (Å²) in [7, 11) is 0. The summed E-state index contributed by atoms with van der Waals surface area (Å²) in [6.07, 6.45) is 7.11. The molecule has 1 aliphatic carbocycles. The summed E-state index contributed by atoms with van der Waals surface area (Å²) < 4.78 is 0. The number of benzene rings is 1. The maximum atomic E-state index is 12.6. The highest BCUT2D eigenvalue weighted by Crippen LogP contribution is 2.31. The highest BCUT2D eigenvalue weighted by molar-refractivity contribution is 5.98. The molecule has 1 N–H and O–H groups in total. The van der Waals surface area contributed by atoms with E-state index in [1.165, 1.54) is 19.3 Å². The van der Waals surface area contributed by atoms with Crippen LogP contribution in [0.5, 0.6) is 0 Å². The number of nitrogens with zero attached hydrogens (tertiary/aromatic N) is 1. The second kappa shape index (κ2) is 6.34. The van der Waals surface area contributed by atoms with Crippen LogP contribution >= 0.6 is 0 Å². The Hall–Kier alpha value is -1.84. The van der Waals surface area contributed by atoms with E-state index >= 15 is 0 Å². The predicted molar refractivity (Wildman–Crippen MR) is 91.7 cm³/mol. The molecular formula is C19H26N2O2. The van der Waals surface area contributed by atoms with E-state index in [4.69, 9.17) is 0 Å². The fourth-order valence-electron chi connectivity index (χ4n) is 3.80. The van der Waals surface area contributed by atoms with E-state index in [1.54, 1.807) is 0 Å². The van der Waals surface area contributed by atoms with Gasteiger partial charge in [0, 0.05) is 29.8 Å². The van der Waals surface area contributed by atoms with Crippen molar-refractivity contribution in [1.29, 1.82) is 0 Å². The molecule has 0 saturated heterocycles. The lowest BCUT2D eigenvalue weighted by molar-refractivity contribution is -0.118. The van der Waals surface area contributed by atoms with Crippen LogP contribution in [0.2, 0.25) is 0 Å². The van der Waals surface area contributed by atoms with Crippen molar-refractivity contribution >= 4 is 17.5 Å². The van der Waals surface area contributed by atoms with Gasteiger partial charge in [0.25, 0.3) is 5.91 Å². The first-order chi connectivity index (χ1) is 11.0. The van der Waals surface area contributed by atoms with Gasteiger partial charge in [0.15, 0.2) is 0 Å². The van der Waals surface area contributed by atoms with Crippen LogP contribution in [0.3, 0.4) is 0 Å². The zero-order valence-corrected chi connectivity index (χ0v) is 14.2. The number of rotatable bonds is 3. The summed E-state index contributed by atoms with van der Waals surface area (Å²) in [5.41, 5.74) is 2.71. The highest BCUT2D eigenvalue weighted by atomic mass is 16.2. The Morgan fingerprint density at radius 2 is 1.96 bits per heavy atom. The van der Waals surface area contributed by atoms with Crippen molar-refractivity contribution in [2.24, 2.45) is 0 Å². The average Bonchev–Trinajstić information content (AvgIpc) is 2.97. The molecule has 0 atom stereocenters. The summed E-state index contributed by atoms with van der Waals surface area (Å²) in [5.74, 6) is 0.160. The molecular weight excluding hydrogens is 288 g/mol. The normalized spacial score (nSPS) is 19.3. The van der Waals surface area contributed by atoms with E-state index in [0.717, 1.165) is 37.1 Å². The first-order valence-electron chi connectivity index (χ1n) is 8.78. The molecule has 1 saturated carbocycles. The molecule has 124 valence electrons. The van der Waals surface area contributed by atoms with Gasteiger partial charge in [-0.15, -0.1) is 0 Å². The first kappa shape index (κ1) is 16.0. The van der Waals surface area contributed by atoms with Gasteiger partial charge in [-0.2, -0.15) is 0 Å². The Labute approximate surface area is 138 Å².